The average Bonchev–Trinajstić information content (AvgIpc) is 1.83. The fourth-order valence-electron chi connectivity index (χ4n) is 1.10. The van der Waals surface area contributed by atoms with Gasteiger partial charge in [0.15, 0.2) is 0 Å². The highest BCUT2D eigenvalue weighted by atomic mass is 16.4. The largest absolute Gasteiger partial charge is 0.481 e. The molecular formula is C7H11NO3. The molecule has 1 atom stereocenters. The zero-order valence-electron chi connectivity index (χ0n) is 6.17. The summed E-state index contributed by atoms with van der Waals surface area (Å²) in [5.41, 5.74) is 0. The van der Waals surface area contributed by atoms with E-state index in [0.717, 1.165) is 6.42 Å². The van der Waals surface area contributed by atoms with Crippen molar-refractivity contribution in [1.82, 2.24) is 5.32 Å². The van der Waals surface area contributed by atoms with Gasteiger partial charge >= 0.3 is 5.97 Å². The molecule has 62 valence electrons. The number of nitrogens with one attached hydrogen (secondary N) is 1. The van der Waals surface area contributed by atoms with Gasteiger partial charge in [0.05, 0.1) is 0 Å². The maximum absolute atomic E-state index is 10.4. The summed E-state index contributed by atoms with van der Waals surface area (Å²) in [6, 6.07) is 0.238. The molecule has 1 fully saturated rings. The first-order chi connectivity index (χ1) is 5.18. The molecule has 1 rings (SSSR count). The Labute approximate surface area is 64.6 Å². The van der Waals surface area contributed by atoms with Gasteiger partial charge in [-0.3, -0.25) is 9.59 Å². The van der Waals surface area contributed by atoms with Crippen molar-refractivity contribution in [3.63, 3.8) is 0 Å². The van der Waals surface area contributed by atoms with Crippen LogP contribution < -0.4 is 5.32 Å². The Kier molecular flexibility index (Phi) is 2.46. The van der Waals surface area contributed by atoms with Crippen LogP contribution in [0.5, 0.6) is 0 Å². The molecule has 0 spiro atoms. The number of carboxylic acids is 1. The molecule has 0 aromatic rings. The van der Waals surface area contributed by atoms with Crippen LogP contribution in [-0.2, 0) is 9.59 Å². The molecule has 0 aliphatic carbocycles. The van der Waals surface area contributed by atoms with Crippen molar-refractivity contribution in [3.05, 3.63) is 0 Å². The predicted octanol–water partition coefficient (Wildman–Crippen LogP) is 0.130. The van der Waals surface area contributed by atoms with Gasteiger partial charge in [-0.1, -0.05) is 0 Å². The van der Waals surface area contributed by atoms with E-state index in [9.17, 15) is 9.59 Å². The molecule has 0 aromatic carbocycles. The Morgan fingerprint density at radius 2 is 2.36 bits per heavy atom. The number of aliphatic carboxylic acids is 1. The molecule has 4 nitrogen and oxygen atoms in total. The summed E-state index contributed by atoms with van der Waals surface area (Å²) in [4.78, 5) is 20.4. The molecule has 4 heteroatoms. The second-order valence-electron chi connectivity index (χ2n) is 2.75. The summed E-state index contributed by atoms with van der Waals surface area (Å²) < 4.78 is 0. The summed E-state index contributed by atoms with van der Waals surface area (Å²) in [6.45, 7) is 0. The minimum atomic E-state index is -0.768. The van der Waals surface area contributed by atoms with Crippen LogP contribution in [0.25, 0.3) is 0 Å². The van der Waals surface area contributed by atoms with Crippen molar-refractivity contribution in [1.29, 1.82) is 0 Å². The average molecular weight is 157 g/mol. The van der Waals surface area contributed by atoms with Crippen LogP contribution in [0.1, 0.15) is 25.7 Å². The number of carbonyl (C=O) groups is 2. The molecule has 11 heavy (non-hydrogen) atoms. The monoisotopic (exact) mass is 157 g/mol. The van der Waals surface area contributed by atoms with Crippen LogP contribution in [0.4, 0.5) is 0 Å². The number of amides is 1. The molecule has 0 saturated carbocycles. The molecule has 1 aliphatic rings. The van der Waals surface area contributed by atoms with Crippen molar-refractivity contribution < 1.29 is 14.7 Å². The van der Waals surface area contributed by atoms with Crippen LogP contribution in [-0.4, -0.2) is 23.0 Å². The Hall–Kier alpha value is -1.06. The van der Waals surface area contributed by atoms with Gasteiger partial charge in [-0.25, -0.2) is 0 Å². The molecule has 1 heterocycles. The standard InChI is InChI=1S/C7H11NO3/c9-6-4-5(8-6)2-1-3-7(10)11/h5H,1-4H2,(H,8,9)(H,10,11)/t5-/m1/s1. The summed E-state index contributed by atoms with van der Waals surface area (Å²) in [5, 5.41) is 11.0. The summed E-state index contributed by atoms with van der Waals surface area (Å²) in [5.74, 6) is -0.694. The highest BCUT2D eigenvalue weighted by molar-refractivity contribution is 5.82. The fourth-order valence-corrected chi connectivity index (χ4v) is 1.10. The van der Waals surface area contributed by atoms with Crippen molar-refractivity contribution in [2.45, 2.75) is 31.7 Å². The molecular weight excluding hydrogens is 146 g/mol. The van der Waals surface area contributed by atoms with Gasteiger partial charge < -0.3 is 10.4 Å². The maximum Gasteiger partial charge on any atom is 0.303 e. The van der Waals surface area contributed by atoms with Crippen molar-refractivity contribution >= 4 is 11.9 Å². The topological polar surface area (TPSA) is 66.4 Å². The quantitative estimate of drug-likeness (QED) is 0.570. The van der Waals surface area contributed by atoms with E-state index in [-0.39, 0.29) is 18.4 Å². The molecule has 1 amide bonds. The number of carbonyl (C=O) groups excluding carboxylic acids is 1. The third-order valence-electron chi connectivity index (χ3n) is 1.74. The van der Waals surface area contributed by atoms with Gasteiger partial charge in [0.25, 0.3) is 0 Å². The number of hydrogen-bond donors (Lipinski definition) is 2. The van der Waals surface area contributed by atoms with Crippen LogP contribution in [0.15, 0.2) is 0 Å². The van der Waals surface area contributed by atoms with E-state index in [1.54, 1.807) is 0 Å². The Balaban J connectivity index is 1.96. The van der Waals surface area contributed by atoms with Gasteiger partial charge in [0.2, 0.25) is 5.91 Å². The zero-order valence-corrected chi connectivity index (χ0v) is 6.17. The summed E-state index contributed by atoms with van der Waals surface area (Å²) in [7, 11) is 0. The van der Waals surface area contributed by atoms with Gasteiger partial charge in [0, 0.05) is 18.9 Å². The third-order valence-corrected chi connectivity index (χ3v) is 1.74. The van der Waals surface area contributed by atoms with E-state index in [1.807, 2.05) is 0 Å². The third kappa shape index (κ3) is 2.57. The van der Waals surface area contributed by atoms with Crippen LogP contribution in [0.2, 0.25) is 0 Å². The second kappa shape index (κ2) is 3.37. The SMILES string of the molecule is O=C(O)CCC[C@@H]1CC(=O)N1. The van der Waals surface area contributed by atoms with Crippen LogP contribution >= 0.6 is 0 Å². The Morgan fingerprint density at radius 1 is 1.73 bits per heavy atom. The predicted molar refractivity (Wildman–Crippen MR) is 38.0 cm³/mol. The summed E-state index contributed by atoms with van der Waals surface area (Å²) >= 11 is 0. The Morgan fingerprint density at radius 3 is 2.82 bits per heavy atom. The smallest absolute Gasteiger partial charge is 0.303 e. The molecule has 0 unspecified atom stereocenters. The molecule has 2 N–H and O–H groups in total. The first-order valence-corrected chi connectivity index (χ1v) is 3.69. The highest BCUT2D eigenvalue weighted by Crippen LogP contribution is 2.11. The van der Waals surface area contributed by atoms with E-state index in [2.05, 4.69) is 5.32 Å². The summed E-state index contributed by atoms with van der Waals surface area (Å²) in [6.07, 6.45) is 2.21. The van der Waals surface area contributed by atoms with Gasteiger partial charge in [-0.05, 0) is 12.8 Å². The maximum atomic E-state index is 10.4. The van der Waals surface area contributed by atoms with Crippen molar-refractivity contribution in [2.24, 2.45) is 0 Å². The second-order valence-corrected chi connectivity index (χ2v) is 2.75. The van der Waals surface area contributed by atoms with Gasteiger partial charge in [-0.2, -0.15) is 0 Å². The molecule has 1 saturated heterocycles. The molecule has 0 aromatic heterocycles. The van der Waals surface area contributed by atoms with Gasteiger partial charge in [0.1, 0.15) is 0 Å². The number of rotatable bonds is 4. The van der Waals surface area contributed by atoms with Crippen molar-refractivity contribution in [2.75, 3.05) is 0 Å². The number of carboxylic acid groups (broad SMARTS) is 1. The lowest BCUT2D eigenvalue weighted by molar-refractivity contribution is -0.137. The van der Waals surface area contributed by atoms with Crippen LogP contribution in [0, 0.1) is 0 Å². The first kappa shape index (κ1) is 8.04. The molecule has 0 bridgehead atoms. The zero-order chi connectivity index (χ0) is 8.27. The molecule has 0 radical (unpaired) electrons. The number of hydrogen-bond acceptors (Lipinski definition) is 2. The minimum absolute atomic E-state index is 0.0744. The lowest BCUT2D eigenvalue weighted by Crippen LogP contribution is -2.48. The highest BCUT2D eigenvalue weighted by Gasteiger charge is 2.24. The molecule has 1 aliphatic heterocycles. The van der Waals surface area contributed by atoms with E-state index < -0.39 is 5.97 Å². The van der Waals surface area contributed by atoms with Crippen LogP contribution in [0.3, 0.4) is 0 Å². The van der Waals surface area contributed by atoms with E-state index in [0.29, 0.717) is 12.8 Å². The number of β-lactam (4-membered cyclic amide) rings is 1. The Bertz CT molecular complexity index is 171. The van der Waals surface area contributed by atoms with E-state index in [1.165, 1.54) is 0 Å². The van der Waals surface area contributed by atoms with E-state index in [4.69, 9.17) is 5.11 Å². The lowest BCUT2D eigenvalue weighted by atomic mass is 10.00. The van der Waals surface area contributed by atoms with Crippen molar-refractivity contribution in [3.8, 4) is 0 Å². The lowest BCUT2D eigenvalue weighted by Gasteiger charge is -2.26. The minimum Gasteiger partial charge on any atom is -0.481 e. The van der Waals surface area contributed by atoms with E-state index >= 15 is 0 Å². The fraction of sp³-hybridized carbons (Fsp3) is 0.714. The first-order valence-electron chi connectivity index (χ1n) is 3.69. The normalized spacial score (nSPS) is 22.2. The van der Waals surface area contributed by atoms with Gasteiger partial charge in [-0.15, -0.1) is 0 Å².